The number of benzene rings is 1. The first kappa shape index (κ1) is 13.4. The maximum absolute atomic E-state index is 12.0. The topological polar surface area (TPSA) is 48.0 Å². The van der Waals surface area contributed by atoms with Crippen LogP contribution in [0.4, 0.5) is 5.69 Å². The van der Waals surface area contributed by atoms with Crippen molar-refractivity contribution in [1.29, 1.82) is 0 Å². The number of hydrogen-bond acceptors (Lipinski definition) is 2. The van der Waals surface area contributed by atoms with Crippen molar-refractivity contribution in [3.8, 4) is 0 Å². The minimum atomic E-state index is 0.00697. The van der Waals surface area contributed by atoms with E-state index >= 15 is 0 Å². The normalized spacial score (nSPS) is 10.6. The van der Waals surface area contributed by atoms with Crippen molar-refractivity contribution in [3.05, 3.63) is 60.9 Å². The molecule has 1 aromatic carbocycles. The quantitative estimate of drug-likeness (QED) is 0.823. The fraction of sp³-hybridized carbons (Fsp3) is 0.154. The second-order valence-corrected chi connectivity index (χ2v) is 5.80. The summed E-state index contributed by atoms with van der Waals surface area (Å²) < 4.78 is 3.40. The summed E-state index contributed by atoms with van der Waals surface area (Å²) in [6, 6.07) is 7.46. The van der Waals surface area contributed by atoms with Gasteiger partial charge in [-0.2, -0.15) is 0 Å². The molecule has 94 valence electrons. The molecule has 0 amide bonds. The fourth-order valence-corrected chi connectivity index (χ4v) is 2.74. The van der Waals surface area contributed by atoms with E-state index in [9.17, 15) is 4.79 Å². The summed E-state index contributed by atoms with van der Waals surface area (Å²) in [5.74, 6) is 0. The van der Waals surface area contributed by atoms with Crippen LogP contribution in [-0.4, -0.2) is 4.57 Å². The van der Waals surface area contributed by atoms with Gasteiger partial charge in [0.15, 0.2) is 0 Å². The smallest absolute Gasteiger partial charge is 0.253 e. The van der Waals surface area contributed by atoms with E-state index in [1.54, 1.807) is 17.7 Å². The van der Waals surface area contributed by atoms with E-state index in [1.165, 1.54) is 0 Å². The molecule has 2 aromatic rings. The number of nitrogens with zero attached hydrogens (tertiary/aromatic N) is 1. The number of nitrogens with two attached hydrogens (primary N) is 1. The summed E-state index contributed by atoms with van der Waals surface area (Å²) in [6.07, 6.45) is 1.78. The van der Waals surface area contributed by atoms with Crippen molar-refractivity contribution in [1.82, 2.24) is 4.57 Å². The van der Waals surface area contributed by atoms with Gasteiger partial charge in [0.25, 0.3) is 5.56 Å². The lowest BCUT2D eigenvalue weighted by atomic mass is 10.2. The van der Waals surface area contributed by atoms with Crippen LogP contribution >= 0.6 is 31.9 Å². The summed E-state index contributed by atoms with van der Waals surface area (Å²) in [5, 5.41) is 0. The average Bonchev–Trinajstić information content (AvgIpc) is 2.31. The maximum Gasteiger partial charge on any atom is 0.253 e. The Balaban J connectivity index is 2.46. The highest BCUT2D eigenvalue weighted by Gasteiger charge is 2.07. The molecular weight excluding hydrogens is 360 g/mol. The van der Waals surface area contributed by atoms with Gasteiger partial charge in [0, 0.05) is 26.4 Å². The van der Waals surface area contributed by atoms with Crippen LogP contribution in [0.25, 0.3) is 0 Å². The van der Waals surface area contributed by atoms with E-state index in [4.69, 9.17) is 5.73 Å². The van der Waals surface area contributed by atoms with Crippen LogP contribution < -0.4 is 11.3 Å². The molecule has 0 aliphatic rings. The molecule has 18 heavy (non-hydrogen) atoms. The van der Waals surface area contributed by atoms with Crippen LogP contribution in [0.2, 0.25) is 0 Å². The molecular formula is C13H12Br2N2O. The van der Waals surface area contributed by atoms with Crippen molar-refractivity contribution in [3.63, 3.8) is 0 Å². The first-order valence-electron chi connectivity index (χ1n) is 5.38. The third kappa shape index (κ3) is 2.67. The average molecular weight is 372 g/mol. The molecule has 0 atom stereocenters. The Morgan fingerprint density at radius 3 is 2.78 bits per heavy atom. The number of nitrogen functional groups attached to an aromatic ring is 1. The molecule has 0 aliphatic carbocycles. The highest BCUT2D eigenvalue weighted by Crippen LogP contribution is 2.24. The van der Waals surface area contributed by atoms with Crippen molar-refractivity contribution >= 4 is 37.5 Å². The Hall–Kier alpha value is -1.07. The molecule has 0 aliphatic heterocycles. The van der Waals surface area contributed by atoms with Crippen LogP contribution in [0.3, 0.4) is 0 Å². The SMILES string of the molecule is Cc1cc(Br)cn(Cc2cccc(N)c2Br)c1=O. The first-order valence-corrected chi connectivity index (χ1v) is 6.97. The van der Waals surface area contributed by atoms with E-state index in [1.807, 2.05) is 24.3 Å². The molecule has 0 bridgehead atoms. The highest BCUT2D eigenvalue weighted by molar-refractivity contribution is 9.11. The Morgan fingerprint density at radius 1 is 1.33 bits per heavy atom. The van der Waals surface area contributed by atoms with Crippen molar-refractivity contribution in [2.24, 2.45) is 0 Å². The number of aryl methyl sites for hydroxylation is 1. The second kappa shape index (κ2) is 5.28. The molecule has 0 saturated carbocycles. The lowest BCUT2D eigenvalue weighted by molar-refractivity contribution is 0.747. The van der Waals surface area contributed by atoms with Gasteiger partial charge < -0.3 is 10.3 Å². The summed E-state index contributed by atoms with van der Waals surface area (Å²) >= 11 is 6.84. The standard InChI is InChI=1S/C13H12Br2N2O/c1-8-5-10(14)7-17(13(8)18)6-9-3-2-4-11(16)12(9)15/h2-5,7H,6,16H2,1H3. The number of anilines is 1. The van der Waals surface area contributed by atoms with E-state index in [0.717, 1.165) is 14.5 Å². The third-order valence-electron chi connectivity index (χ3n) is 2.68. The van der Waals surface area contributed by atoms with Crippen LogP contribution in [0.5, 0.6) is 0 Å². The second-order valence-electron chi connectivity index (χ2n) is 4.09. The van der Waals surface area contributed by atoms with Gasteiger partial charge in [-0.1, -0.05) is 12.1 Å². The van der Waals surface area contributed by atoms with Gasteiger partial charge in [0.05, 0.1) is 6.54 Å². The van der Waals surface area contributed by atoms with Gasteiger partial charge >= 0.3 is 0 Å². The van der Waals surface area contributed by atoms with Crippen LogP contribution in [-0.2, 0) is 6.54 Å². The highest BCUT2D eigenvalue weighted by atomic mass is 79.9. The first-order chi connectivity index (χ1) is 8.49. The lowest BCUT2D eigenvalue weighted by Gasteiger charge is -2.10. The zero-order chi connectivity index (χ0) is 13.3. The fourth-order valence-electron chi connectivity index (χ4n) is 1.76. The van der Waals surface area contributed by atoms with E-state index in [-0.39, 0.29) is 5.56 Å². The van der Waals surface area contributed by atoms with Gasteiger partial charge in [-0.25, -0.2) is 0 Å². The lowest BCUT2D eigenvalue weighted by Crippen LogP contribution is -2.22. The van der Waals surface area contributed by atoms with Gasteiger partial charge in [-0.05, 0) is 56.5 Å². The summed E-state index contributed by atoms with van der Waals surface area (Å²) in [6.45, 7) is 2.29. The zero-order valence-corrected chi connectivity index (χ0v) is 13.0. The predicted molar refractivity (Wildman–Crippen MR) is 80.8 cm³/mol. The zero-order valence-electron chi connectivity index (χ0n) is 9.78. The van der Waals surface area contributed by atoms with Crippen molar-refractivity contribution in [2.75, 3.05) is 5.73 Å². The van der Waals surface area contributed by atoms with E-state index in [2.05, 4.69) is 31.9 Å². The molecule has 1 heterocycles. The largest absolute Gasteiger partial charge is 0.398 e. The maximum atomic E-state index is 12.0. The molecule has 0 saturated heterocycles. The monoisotopic (exact) mass is 370 g/mol. The number of hydrogen-bond donors (Lipinski definition) is 1. The summed E-state index contributed by atoms with van der Waals surface area (Å²) in [7, 11) is 0. The molecule has 1 aromatic heterocycles. The van der Waals surface area contributed by atoms with Crippen LogP contribution in [0, 0.1) is 6.92 Å². The molecule has 5 heteroatoms. The molecule has 0 fully saturated rings. The summed E-state index contributed by atoms with van der Waals surface area (Å²) in [4.78, 5) is 12.0. The van der Waals surface area contributed by atoms with Crippen molar-refractivity contribution in [2.45, 2.75) is 13.5 Å². The molecule has 3 nitrogen and oxygen atoms in total. The number of halogens is 2. The van der Waals surface area contributed by atoms with E-state index in [0.29, 0.717) is 17.8 Å². The van der Waals surface area contributed by atoms with Gasteiger partial charge in [-0.3, -0.25) is 4.79 Å². The van der Waals surface area contributed by atoms with Gasteiger partial charge in [0.1, 0.15) is 0 Å². The minimum absolute atomic E-state index is 0.00697. The summed E-state index contributed by atoms with van der Waals surface area (Å²) in [5.41, 5.74) is 8.20. The predicted octanol–water partition coefficient (Wildman–Crippen LogP) is 3.31. The molecule has 0 spiro atoms. The van der Waals surface area contributed by atoms with Crippen molar-refractivity contribution < 1.29 is 0 Å². The van der Waals surface area contributed by atoms with Gasteiger partial charge in [0.2, 0.25) is 0 Å². The molecule has 2 rings (SSSR count). The number of pyridine rings is 1. The number of aromatic nitrogens is 1. The molecule has 2 N–H and O–H groups in total. The molecule has 0 radical (unpaired) electrons. The number of rotatable bonds is 2. The Morgan fingerprint density at radius 2 is 2.06 bits per heavy atom. The Bertz CT molecular complexity index is 650. The minimum Gasteiger partial charge on any atom is -0.398 e. The van der Waals surface area contributed by atoms with Gasteiger partial charge in [-0.15, -0.1) is 0 Å². The van der Waals surface area contributed by atoms with Crippen LogP contribution in [0.1, 0.15) is 11.1 Å². The van der Waals surface area contributed by atoms with Crippen LogP contribution in [0.15, 0.2) is 44.2 Å². The third-order valence-corrected chi connectivity index (χ3v) is 4.08. The molecule has 0 unspecified atom stereocenters. The van der Waals surface area contributed by atoms with E-state index < -0.39 is 0 Å². The Labute approximate surface area is 122 Å². The Kier molecular flexibility index (Phi) is 3.92.